The van der Waals surface area contributed by atoms with Crippen LogP contribution in [0.1, 0.15) is 65.8 Å². The zero-order valence-corrected chi connectivity index (χ0v) is 16.0. The highest BCUT2D eigenvalue weighted by Gasteiger charge is 2.28. The summed E-state index contributed by atoms with van der Waals surface area (Å²) in [5.74, 6) is 0. The molecule has 0 aromatic carbocycles. The van der Waals surface area contributed by atoms with Crippen molar-refractivity contribution in [2.45, 2.75) is 58.5 Å². The second-order valence-electron chi connectivity index (χ2n) is 6.69. The molecule has 3 rings (SSSR count). The molecule has 5 nitrogen and oxygen atoms in total. The fourth-order valence-corrected chi connectivity index (χ4v) is 4.50. The lowest BCUT2D eigenvalue weighted by molar-refractivity contribution is 0.173. The van der Waals surface area contributed by atoms with Gasteiger partial charge in [0.25, 0.3) is 0 Å². The van der Waals surface area contributed by atoms with E-state index in [9.17, 15) is 4.79 Å². The summed E-state index contributed by atoms with van der Waals surface area (Å²) in [7, 11) is 0. The Morgan fingerprint density at radius 2 is 2.04 bits per heavy atom. The van der Waals surface area contributed by atoms with Crippen molar-refractivity contribution in [1.29, 1.82) is 0 Å². The summed E-state index contributed by atoms with van der Waals surface area (Å²) >= 11 is 1.66. The molecule has 1 saturated heterocycles. The van der Waals surface area contributed by atoms with E-state index in [1.165, 1.54) is 12.0 Å². The van der Waals surface area contributed by atoms with E-state index in [0.717, 1.165) is 41.4 Å². The van der Waals surface area contributed by atoms with Gasteiger partial charge >= 0.3 is 6.03 Å². The molecule has 2 aromatic heterocycles. The molecule has 0 bridgehead atoms. The highest BCUT2D eigenvalue weighted by molar-refractivity contribution is 7.11. The van der Waals surface area contributed by atoms with E-state index in [2.05, 4.69) is 15.3 Å². The van der Waals surface area contributed by atoms with Gasteiger partial charge in [-0.3, -0.25) is 4.98 Å². The lowest BCUT2D eigenvalue weighted by atomic mass is 10.0. The van der Waals surface area contributed by atoms with E-state index < -0.39 is 0 Å². The van der Waals surface area contributed by atoms with Crippen LogP contribution in [0.5, 0.6) is 0 Å². The third-order valence-corrected chi connectivity index (χ3v) is 6.03. The van der Waals surface area contributed by atoms with Gasteiger partial charge in [0.2, 0.25) is 0 Å². The lowest BCUT2D eigenvalue weighted by Gasteiger charge is -2.31. The van der Waals surface area contributed by atoms with Crippen LogP contribution in [-0.4, -0.2) is 27.4 Å². The van der Waals surface area contributed by atoms with Crippen molar-refractivity contribution in [1.82, 2.24) is 20.2 Å². The minimum Gasteiger partial charge on any atom is -0.331 e. The van der Waals surface area contributed by atoms with Gasteiger partial charge in [-0.1, -0.05) is 12.8 Å². The highest BCUT2D eigenvalue weighted by atomic mass is 32.1. The summed E-state index contributed by atoms with van der Waals surface area (Å²) in [6.07, 6.45) is 8.00. The minimum atomic E-state index is -0.0277. The number of pyridine rings is 1. The Labute approximate surface area is 153 Å². The van der Waals surface area contributed by atoms with Gasteiger partial charge in [-0.15, -0.1) is 11.3 Å². The van der Waals surface area contributed by atoms with E-state index in [-0.39, 0.29) is 18.1 Å². The van der Waals surface area contributed by atoms with Crippen LogP contribution in [0.3, 0.4) is 0 Å². The number of nitrogens with zero attached hydrogens (tertiary/aromatic N) is 3. The number of nitrogens with one attached hydrogen (secondary N) is 1. The first-order chi connectivity index (χ1) is 12.1. The number of carbonyl (C=O) groups excluding carboxylic acids is 1. The van der Waals surface area contributed by atoms with Crippen molar-refractivity contribution in [3.63, 3.8) is 0 Å². The molecular formula is C19H26N4OS. The molecule has 2 atom stereocenters. The quantitative estimate of drug-likeness (QED) is 0.876. The number of urea groups is 1. The molecule has 1 aliphatic rings. The lowest BCUT2D eigenvalue weighted by Crippen LogP contribution is -2.43. The summed E-state index contributed by atoms with van der Waals surface area (Å²) in [5.41, 5.74) is 2.18. The molecular weight excluding hydrogens is 332 g/mol. The standard InChI is InChI=1S/C19H26N4OS/c1-13-18(25-15(3)21-13)14(2)22-19(24)23-12-6-4-5-7-17(23)16-8-10-20-11-9-16/h8-11,14,17H,4-7,12H2,1-3H3,(H,22,24)/t14-,17+/m0/s1. The molecule has 1 fully saturated rings. The first-order valence-electron chi connectivity index (χ1n) is 8.97. The van der Waals surface area contributed by atoms with Crippen molar-refractivity contribution in [2.75, 3.05) is 6.54 Å². The van der Waals surface area contributed by atoms with Crippen molar-refractivity contribution < 1.29 is 4.79 Å². The third-order valence-electron chi connectivity index (χ3n) is 4.78. The van der Waals surface area contributed by atoms with E-state index in [1.54, 1.807) is 11.3 Å². The Kier molecular flexibility index (Phi) is 5.68. The topological polar surface area (TPSA) is 58.1 Å². The molecule has 3 heterocycles. The SMILES string of the molecule is Cc1nc(C)c([C@H](C)NC(=O)N2CCCCC[C@@H]2c2ccncc2)s1. The van der Waals surface area contributed by atoms with Crippen LogP contribution in [0.4, 0.5) is 4.79 Å². The monoisotopic (exact) mass is 358 g/mol. The smallest absolute Gasteiger partial charge is 0.318 e. The maximum atomic E-state index is 13.0. The summed E-state index contributed by atoms with van der Waals surface area (Å²) in [5, 5.41) is 4.23. The van der Waals surface area contributed by atoms with Gasteiger partial charge in [0, 0.05) is 23.8 Å². The van der Waals surface area contributed by atoms with E-state index >= 15 is 0 Å². The number of likely N-dealkylation sites (tertiary alicyclic amines) is 1. The normalized spacial score (nSPS) is 19.3. The number of carbonyl (C=O) groups is 1. The Bertz CT molecular complexity index is 715. The Hall–Kier alpha value is -1.95. The summed E-state index contributed by atoms with van der Waals surface area (Å²) in [6, 6.07) is 4.16. The van der Waals surface area contributed by atoms with Crippen LogP contribution in [0.15, 0.2) is 24.5 Å². The molecule has 0 unspecified atom stereocenters. The molecule has 25 heavy (non-hydrogen) atoms. The fourth-order valence-electron chi connectivity index (χ4n) is 3.57. The predicted octanol–water partition coefficient (Wildman–Crippen LogP) is 4.54. The van der Waals surface area contributed by atoms with E-state index in [1.807, 2.05) is 50.2 Å². The van der Waals surface area contributed by atoms with Gasteiger partial charge < -0.3 is 10.2 Å². The number of hydrogen-bond acceptors (Lipinski definition) is 4. The molecule has 1 N–H and O–H groups in total. The average molecular weight is 359 g/mol. The van der Waals surface area contributed by atoms with Crippen LogP contribution >= 0.6 is 11.3 Å². The van der Waals surface area contributed by atoms with Crippen LogP contribution < -0.4 is 5.32 Å². The van der Waals surface area contributed by atoms with Gasteiger partial charge in [-0.05, 0) is 51.3 Å². The molecule has 0 saturated carbocycles. The Morgan fingerprint density at radius 3 is 2.72 bits per heavy atom. The number of aryl methyl sites for hydroxylation is 2. The highest BCUT2D eigenvalue weighted by Crippen LogP contribution is 2.31. The molecule has 1 aliphatic heterocycles. The van der Waals surface area contributed by atoms with Crippen molar-refractivity contribution in [3.05, 3.63) is 45.7 Å². The number of aromatic nitrogens is 2. The van der Waals surface area contributed by atoms with Gasteiger partial charge in [-0.25, -0.2) is 9.78 Å². The molecule has 2 aromatic rings. The van der Waals surface area contributed by atoms with Crippen molar-refractivity contribution in [3.8, 4) is 0 Å². The van der Waals surface area contributed by atoms with E-state index in [4.69, 9.17) is 0 Å². The molecule has 0 aliphatic carbocycles. The van der Waals surface area contributed by atoms with Gasteiger partial charge in [0.15, 0.2) is 0 Å². The van der Waals surface area contributed by atoms with Gasteiger partial charge in [0.1, 0.15) is 0 Å². The zero-order valence-electron chi connectivity index (χ0n) is 15.2. The molecule has 2 amide bonds. The molecule has 0 spiro atoms. The minimum absolute atomic E-state index is 0.0154. The van der Waals surface area contributed by atoms with Crippen molar-refractivity contribution in [2.24, 2.45) is 0 Å². The third kappa shape index (κ3) is 4.18. The van der Waals surface area contributed by atoms with Crippen LogP contribution in [0.2, 0.25) is 0 Å². The molecule has 0 radical (unpaired) electrons. The Morgan fingerprint density at radius 1 is 1.28 bits per heavy atom. The second-order valence-corrected chi connectivity index (χ2v) is 7.93. The number of rotatable bonds is 3. The summed E-state index contributed by atoms with van der Waals surface area (Å²) < 4.78 is 0. The average Bonchev–Trinajstić information content (AvgIpc) is 2.81. The summed E-state index contributed by atoms with van der Waals surface area (Å²) in [6.45, 7) is 6.85. The van der Waals surface area contributed by atoms with Crippen LogP contribution in [-0.2, 0) is 0 Å². The first-order valence-corrected chi connectivity index (χ1v) is 9.79. The zero-order chi connectivity index (χ0) is 17.8. The molecule has 6 heteroatoms. The second kappa shape index (κ2) is 7.95. The number of amides is 2. The van der Waals surface area contributed by atoms with Gasteiger partial charge in [-0.2, -0.15) is 0 Å². The largest absolute Gasteiger partial charge is 0.331 e. The predicted molar refractivity (Wildman–Crippen MR) is 101 cm³/mol. The van der Waals surface area contributed by atoms with E-state index in [0.29, 0.717) is 0 Å². The van der Waals surface area contributed by atoms with Crippen LogP contribution in [0, 0.1) is 13.8 Å². The number of hydrogen-bond donors (Lipinski definition) is 1. The maximum absolute atomic E-state index is 13.0. The molecule has 134 valence electrons. The summed E-state index contributed by atoms with van der Waals surface area (Å²) in [4.78, 5) is 24.7. The van der Waals surface area contributed by atoms with Crippen LogP contribution in [0.25, 0.3) is 0 Å². The number of thiazole rings is 1. The Balaban J connectivity index is 1.77. The maximum Gasteiger partial charge on any atom is 0.318 e. The van der Waals surface area contributed by atoms with Crippen molar-refractivity contribution >= 4 is 17.4 Å². The van der Waals surface area contributed by atoms with Gasteiger partial charge in [0.05, 0.1) is 22.8 Å². The fraction of sp³-hybridized carbons (Fsp3) is 0.526. The first kappa shape index (κ1) is 17.9.